The Balaban J connectivity index is 2.97. The van der Waals surface area contributed by atoms with Crippen molar-refractivity contribution >= 4 is 35.2 Å². The lowest BCUT2D eigenvalue weighted by molar-refractivity contribution is -0.118. The molecule has 0 aromatic heterocycles. The lowest BCUT2D eigenvalue weighted by atomic mass is 10.2. The molecule has 21 heavy (non-hydrogen) atoms. The number of nitrogens with one attached hydrogen (secondary N) is 1. The maximum atomic E-state index is 12.1. The number of carbonyl (C=O) groups is 3. The van der Waals surface area contributed by atoms with Gasteiger partial charge in [0.15, 0.2) is 0 Å². The summed E-state index contributed by atoms with van der Waals surface area (Å²) in [5.41, 5.74) is 5.23. The zero-order valence-corrected chi connectivity index (χ0v) is 12.3. The van der Waals surface area contributed by atoms with Crippen LogP contribution < -0.4 is 11.1 Å². The number of benzene rings is 1. The average molecular weight is 314 g/mol. The van der Waals surface area contributed by atoms with Gasteiger partial charge in [0.1, 0.15) is 6.54 Å². The number of anilines is 1. The smallest absolute Gasteiger partial charge is 0.335 e. The number of carbonyl (C=O) groups excluding carboxylic acids is 2. The van der Waals surface area contributed by atoms with Crippen LogP contribution in [0.2, 0.25) is 5.02 Å². The van der Waals surface area contributed by atoms with Gasteiger partial charge < -0.3 is 21.1 Å². The highest BCUT2D eigenvalue weighted by Crippen LogP contribution is 2.23. The number of primary amides is 1. The summed E-state index contributed by atoms with van der Waals surface area (Å²) in [5.74, 6) is -1.79. The zero-order chi connectivity index (χ0) is 16.2. The molecule has 0 saturated heterocycles. The molecule has 1 rings (SSSR count). The van der Waals surface area contributed by atoms with E-state index in [-0.39, 0.29) is 28.9 Å². The number of carboxylic acids is 1. The zero-order valence-electron chi connectivity index (χ0n) is 11.6. The molecule has 0 aliphatic carbocycles. The van der Waals surface area contributed by atoms with E-state index >= 15 is 0 Å². The van der Waals surface area contributed by atoms with Crippen LogP contribution in [0.25, 0.3) is 0 Å². The SMILES string of the molecule is CC(C)N(CC(N)=O)C(=O)Nc1cc(C(=O)O)ccc1Cl. The van der Waals surface area contributed by atoms with Crippen molar-refractivity contribution in [1.29, 1.82) is 0 Å². The van der Waals surface area contributed by atoms with Crippen molar-refractivity contribution in [1.82, 2.24) is 4.90 Å². The Morgan fingerprint density at radius 3 is 2.48 bits per heavy atom. The van der Waals surface area contributed by atoms with Crippen molar-refractivity contribution < 1.29 is 19.5 Å². The van der Waals surface area contributed by atoms with E-state index < -0.39 is 17.9 Å². The second kappa shape index (κ2) is 6.94. The average Bonchev–Trinajstić information content (AvgIpc) is 2.37. The number of nitrogens with zero attached hydrogens (tertiary/aromatic N) is 1. The number of halogens is 1. The quantitative estimate of drug-likeness (QED) is 0.768. The van der Waals surface area contributed by atoms with Crippen molar-refractivity contribution in [3.63, 3.8) is 0 Å². The number of hydrogen-bond acceptors (Lipinski definition) is 3. The lowest BCUT2D eigenvalue weighted by Gasteiger charge is -2.25. The van der Waals surface area contributed by atoms with E-state index in [1.165, 1.54) is 23.1 Å². The number of rotatable bonds is 5. The van der Waals surface area contributed by atoms with Gasteiger partial charge in [0, 0.05) is 6.04 Å². The van der Waals surface area contributed by atoms with E-state index in [0.717, 1.165) is 0 Å². The lowest BCUT2D eigenvalue weighted by Crippen LogP contribution is -2.45. The number of aromatic carboxylic acids is 1. The van der Waals surface area contributed by atoms with Gasteiger partial charge in [-0.25, -0.2) is 9.59 Å². The maximum absolute atomic E-state index is 12.1. The van der Waals surface area contributed by atoms with Gasteiger partial charge in [-0.1, -0.05) is 11.6 Å². The van der Waals surface area contributed by atoms with Crippen LogP contribution in [-0.2, 0) is 4.79 Å². The molecular formula is C13H16ClN3O4. The molecule has 114 valence electrons. The molecule has 8 heteroatoms. The van der Waals surface area contributed by atoms with E-state index in [1.807, 2.05) is 0 Å². The molecule has 0 atom stereocenters. The van der Waals surface area contributed by atoms with Gasteiger partial charge in [0.25, 0.3) is 0 Å². The highest BCUT2D eigenvalue weighted by molar-refractivity contribution is 6.33. The molecule has 3 amide bonds. The van der Waals surface area contributed by atoms with Crippen molar-refractivity contribution in [2.24, 2.45) is 5.73 Å². The number of hydrogen-bond donors (Lipinski definition) is 3. The van der Waals surface area contributed by atoms with Gasteiger partial charge in [-0.15, -0.1) is 0 Å². The van der Waals surface area contributed by atoms with E-state index in [9.17, 15) is 14.4 Å². The Morgan fingerprint density at radius 1 is 1.38 bits per heavy atom. The molecule has 0 aliphatic rings. The van der Waals surface area contributed by atoms with Crippen LogP contribution in [-0.4, -0.2) is 40.5 Å². The predicted molar refractivity (Wildman–Crippen MR) is 78.5 cm³/mol. The number of amides is 3. The van der Waals surface area contributed by atoms with Crippen LogP contribution in [0.1, 0.15) is 24.2 Å². The summed E-state index contributed by atoms with van der Waals surface area (Å²) in [4.78, 5) is 35.2. The van der Waals surface area contributed by atoms with Crippen molar-refractivity contribution in [3.8, 4) is 0 Å². The fourth-order valence-electron chi connectivity index (χ4n) is 1.60. The summed E-state index contributed by atoms with van der Waals surface area (Å²) in [6.45, 7) is 3.19. The first-order chi connectivity index (χ1) is 9.72. The highest BCUT2D eigenvalue weighted by atomic mass is 35.5. The minimum atomic E-state index is -1.14. The monoisotopic (exact) mass is 313 g/mol. The van der Waals surface area contributed by atoms with Crippen molar-refractivity contribution in [3.05, 3.63) is 28.8 Å². The summed E-state index contributed by atoms with van der Waals surface area (Å²) in [6, 6.07) is 3.08. The number of nitrogens with two attached hydrogens (primary N) is 1. The van der Waals surface area contributed by atoms with E-state index in [2.05, 4.69) is 5.32 Å². The molecule has 0 spiro atoms. The number of carboxylic acid groups (broad SMARTS) is 1. The van der Waals surface area contributed by atoms with E-state index in [4.69, 9.17) is 22.4 Å². The third kappa shape index (κ3) is 4.64. The largest absolute Gasteiger partial charge is 0.478 e. The molecule has 0 radical (unpaired) electrons. The summed E-state index contributed by atoms with van der Waals surface area (Å²) in [7, 11) is 0. The standard InChI is InChI=1S/C13H16ClN3O4/c1-7(2)17(6-11(15)18)13(21)16-10-5-8(12(19)20)3-4-9(10)14/h3-5,7H,6H2,1-2H3,(H2,15,18)(H,16,21)(H,19,20). The van der Waals surface area contributed by atoms with Crippen LogP contribution in [0, 0.1) is 0 Å². The second-order valence-corrected chi connectivity index (χ2v) is 5.03. The second-order valence-electron chi connectivity index (χ2n) is 4.62. The van der Waals surface area contributed by atoms with Gasteiger partial charge in [0.05, 0.1) is 16.3 Å². The molecule has 1 aromatic rings. The molecule has 0 heterocycles. The van der Waals surface area contributed by atoms with Crippen molar-refractivity contribution in [2.75, 3.05) is 11.9 Å². The Hall–Kier alpha value is -2.28. The van der Waals surface area contributed by atoms with Crippen LogP contribution >= 0.6 is 11.6 Å². The predicted octanol–water partition coefficient (Wildman–Crippen LogP) is 1.77. The Labute approximate surface area is 126 Å². The Morgan fingerprint density at radius 2 is 2.00 bits per heavy atom. The van der Waals surface area contributed by atoms with Crippen LogP contribution in [0.3, 0.4) is 0 Å². The first-order valence-electron chi connectivity index (χ1n) is 6.11. The summed E-state index contributed by atoms with van der Waals surface area (Å²) in [5, 5.41) is 11.6. The summed E-state index contributed by atoms with van der Waals surface area (Å²) < 4.78 is 0. The fraction of sp³-hybridized carbons (Fsp3) is 0.308. The molecular weight excluding hydrogens is 298 g/mol. The Bertz CT molecular complexity index is 575. The molecule has 7 nitrogen and oxygen atoms in total. The van der Waals surface area contributed by atoms with Gasteiger partial charge >= 0.3 is 12.0 Å². The third-order valence-electron chi connectivity index (χ3n) is 2.67. The highest BCUT2D eigenvalue weighted by Gasteiger charge is 2.20. The van der Waals surface area contributed by atoms with Gasteiger partial charge in [0.2, 0.25) is 5.91 Å². The first-order valence-corrected chi connectivity index (χ1v) is 6.49. The fourth-order valence-corrected chi connectivity index (χ4v) is 1.76. The van der Waals surface area contributed by atoms with Crippen LogP contribution in [0.4, 0.5) is 10.5 Å². The summed E-state index contributed by atoms with van der Waals surface area (Å²) in [6.07, 6.45) is 0. The minimum Gasteiger partial charge on any atom is -0.478 e. The maximum Gasteiger partial charge on any atom is 0.335 e. The van der Waals surface area contributed by atoms with Gasteiger partial charge in [-0.2, -0.15) is 0 Å². The molecule has 0 bridgehead atoms. The van der Waals surface area contributed by atoms with E-state index in [1.54, 1.807) is 13.8 Å². The molecule has 0 fully saturated rings. The molecule has 0 saturated carbocycles. The Kier molecular flexibility index (Phi) is 5.54. The van der Waals surface area contributed by atoms with Crippen LogP contribution in [0.5, 0.6) is 0 Å². The van der Waals surface area contributed by atoms with E-state index in [0.29, 0.717) is 0 Å². The minimum absolute atomic E-state index is 0.0132. The normalized spacial score (nSPS) is 10.3. The number of urea groups is 1. The van der Waals surface area contributed by atoms with Gasteiger partial charge in [-0.3, -0.25) is 4.79 Å². The molecule has 0 aliphatic heterocycles. The summed E-state index contributed by atoms with van der Waals surface area (Å²) >= 11 is 5.92. The van der Waals surface area contributed by atoms with Gasteiger partial charge in [-0.05, 0) is 32.0 Å². The first kappa shape index (κ1) is 16.8. The molecule has 4 N–H and O–H groups in total. The molecule has 1 aromatic carbocycles. The van der Waals surface area contributed by atoms with Crippen molar-refractivity contribution in [2.45, 2.75) is 19.9 Å². The third-order valence-corrected chi connectivity index (χ3v) is 2.99. The van der Waals surface area contributed by atoms with Crippen LogP contribution in [0.15, 0.2) is 18.2 Å². The topological polar surface area (TPSA) is 113 Å². The molecule has 0 unspecified atom stereocenters.